The van der Waals surface area contributed by atoms with Crippen LogP contribution in [0.5, 0.6) is 5.75 Å². The van der Waals surface area contributed by atoms with Gasteiger partial charge in [0.25, 0.3) is 0 Å². The molecule has 2 aromatic rings. The number of aryl methyl sites for hydroxylation is 1. The lowest BCUT2D eigenvalue weighted by molar-refractivity contribution is 0.0471. The van der Waals surface area contributed by atoms with Crippen LogP contribution in [-0.4, -0.2) is 28.0 Å². The van der Waals surface area contributed by atoms with Crippen LogP contribution in [0.1, 0.15) is 32.1 Å². The van der Waals surface area contributed by atoms with Gasteiger partial charge in [-0.2, -0.15) is 0 Å². The SMILES string of the molecule is Cc1cc(C(=O)COC(=O)c2ccc(Cl)cc2O)c(C)n1C. The van der Waals surface area contributed by atoms with E-state index in [9.17, 15) is 14.7 Å². The van der Waals surface area contributed by atoms with Crippen LogP contribution < -0.4 is 0 Å². The van der Waals surface area contributed by atoms with E-state index in [4.69, 9.17) is 16.3 Å². The number of aromatic nitrogens is 1. The van der Waals surface area contributed by atoms with Gasteiger partial charge in [-0.1, -0.05) is 11.6 Å². The van der Waals surface area contributed by atoms with Crippen molar-refractivity contribution in [1.29, 1.82) is 0 Å². The molecule has 0 spiro atoms. The molecular formula is C16H16ClNO4. The summed E-state index contributed by atoms with van der Waals surface area (Å²) in [4.78, 5) is 24.0. The first kappa shape index (κ1) is 16.1. The van der Waals surface area contributed by atoms with Crippen LogP contribution in [0.4, 0.5) is 0 Å². The van der Waals surface area contributed by atoms with E-state index < -0.39 is 5.97 Å². The van der Waals surface area contributed by atoms with E-state index in [0.29, 0.717) is 10.6 Å². The Morgan fingerprint density at radius 1 is 1.23 bits per heavy atom. The van der Waals surface area contributed by atoms with Crippen molar-refractivity contribution < 1.29 is 19.4 Å². The molecule has 6 heteroatoms. The van der Waals surface area contributed by atoms with Gasteiger partial charge in [-0.25, -0.2) is 4.79 Å². The van der Waals surface area contributed by atoms with E-state index in [0.717, 1.165) is 11.4 Å². The zero-order valence-electron chi connectivity index (χ0n) is 12.5. The molecule has 5 nitrogen and oxygen atoms in total. The quantitative estimate of drug-likeness (QED) is 0.694. The average Bonchev–Trinajstić information content (AvgIpc) is 2.72. The maximum absolute atomic E-state index is 12.1. The second kappa shape index (κ2) is 6.23. The monoisotopic (exact) mass is 321 g/mol. The number of hydrogen-bond acceptors (Lipinski definition) is 4. The zero-order chi connectivity index (χ0) is 16.4. The first-order valence-electron chi connectivity index (χ1n) is 6.63. The molecule has 0 aliphatic heterocycles. The first-order valence-corrected chi connectivity index (χ1v) is 7.00. The van der Waals surface area contributed by atoms with E-state index in [1.165, 1.54) is 18.2 Å². The number of phenols is 1. The van der Waals surface area contributed by atoms with Crippen LogP contribution in [0.2, 0.25) is 5.02 Å². The minimum Gasteiger partial charge on any atom is -0.507 e. The lowest BCUT2D eigenvalue weighted by Gasteiger charge is -2.06. The van der Waals surface area contributed by atoms with Crippen molar-refractivity contribution in [3.05, 3.63) is 51.8 Å². The van der Waals surface area contributed by atoms with Gasteiger partial charge in [0.1, 0.15) is 11.3 Å². The molecular weight excluding hydrogens is 306 g/mol. The summed E-state index contributed by atoms with van der Waals surface area (Å²) in [5, 5.41) is 9.96. The second-order valence-electron chi connectivity index (χ2n) is 5.00. The van der Waals surface area contributed by atoms with Gasteiger partial charge in [0.2, 0.25) is 5.78 Å². The summed E-state index contributed by atoms with van der Waals surface area (Å²) >= 11 is 5.70. The van der Waals surface area contributed by atoms with Gasteiger partial charge >= 0.3 is 5.97 Å². The van der Waals surface area contributed by atoms with Crippen LogP contribution in [0, 0.1) is 13.8 Å². The van der Waals surface area contributed by atoms with Crippen LogP contribution in [0.25, 0.3) is 0 Å². The van der Waals surface area contributed by atoms with Crippen LogP contribution in [-0.2, 0) is 11.8 Å². The second-order valence-corrected chi connectivity index (χ2v) is 5.44. The molecule has 0 aliphatic carbocycles. The van der Waals surface area contributed by atoms with Crippen LogP contribution in [0.15, 0.2) is 24.3 Å². The smallest absolute Gasteiger partial charge is 0.342 e. The van der Waals surface area contributed by atoms with Crippen LogP contribution >= 0.6 is 11.6 Å². The number of ketones is 1. The van der Waals surface area contributed by atoms with Crippen molar-refractivity contribution >= 4 is 23.4 Å². The molecule has 2 rings (SSSR count). The Labute approximate surface area is 133 Å². The van der Waals surface area contributed by atoms with Crippen molar-refractivity contribution in [2.75, 3.05) is 6.61 Å². The highest BCUT2D eigenvalue weighted by Gasteiger charge is 2.18. The predicted molar refractivity (Wildman–Crippen MR) is 82.6 cm³/mol. The van der Waals surface area contributed by atoms with Crippen molar-refractivity contribution in [2.24, 2.45) is 7.05 Å². The van der Waals surface area contributed by atoms with E-state index in [2.05, 4.69) is 0 Å². The highest BCUT2D eigenvalue weighted by Crippen LogP contribution is 2.22. The van der Waals surface area contributed by atoms with Gasteiger partial charge < -0.3 is 14.4 Å². The van der Waals surface area contributed by atoms with E-state index >= 15 is 0 Å². The first-order chi connectivity index (χ1) is 10.3. The minimum atomic E-state index is -0.771. The molecule has 0 aliphatic rings. The van der Waals surface area contributed by atoms with E-state index in [-0.39, 0.29) is 23.7 Å². The maximum Gasteiger partial charge on any atom is 0.342 e. The third-order valence-corrected chi connectivity index (χ3v) is 3.82. The Hall–Kier alpha value is -2.27. The maximum atomic E-state index is 12.1. The highest BCUT2D eigenvalue weighted by atomic mass is 35.5. The molecule has 0 saturated carbocycles. The van der Waals surface area contributed by atoms with Gasteiger partial charge in [-0.05, 0) is 38.1 Å². The Kier molecular flexibility index (Phi) is 4.56. The van der Waals surface area contributed by atoms with Crippen molar-refractivity contribution in [3.8, 4) is 5.75 Å². The molecule has 0 radical (unpaired) electrons. The van der Waals surface area contributed by atoms with Gasteiger partial charge in [0.05, 0.1) is 0 Å². The largest absolute Gasteiger partial charge is 0.507 e. The van der Waals surface area contributed by atoms with Gasteiger partial charge in [-0.15, -0.1) is 0 Å². The molecule has 0 amide bonds. The van der Waals surface area contributed by atoms with Crippen molar-refractivity contribution in [2.45, 2.75) is 13.8 Å². The van der Waals surface area contributed by atoms with E-state index in [1.807, 2.05) is 25.5 Å². The number of carbonyl (C=O) groups is 2. The molecule has 0 atom stereocenters. The van der Waals surface area contributed by atoms with Gasteiger partial charge in [-0.3, -0.25) is 4.79 Å². The Morgan fingerprint density at radius 2 is 1.91 bits per heavy atom. The normalized spacial score (nSPS) is 10.5. The van der Waals surface area contributed by atoms with Crippen LogP contribution in [0.3, 0.4) is 0 Å². The van der Waals surface area contributed by atoms with Crippen molar-refractivity contribution in [3.63, 3.8) is 0 Å². The summed E-state index contributed by atoms with van der Waals surface area (Å²) in [5.41, 5.74) is 2.25. The zero-order valence-corrected chi connectivity index (χ0v) is 13.3. The molecule has 0 saturated heterocycles. The topological polar surface area (TPSA) is 68.5 Å². The number of carbonyl (C=O) groups excluding carboxylic acids is 2. The van der Waals surface area contributed by atoms with Crippen molar-refractivity contribution in [1.82, 2.24) is 4.57 Å². The summed E-state index contributed by atoms with van der Waals surface area (Å²) in [5.74, 6) is -1.34. The predicted octanol–water partition coefficient (Wildman–Crippen LogP) is 3.04. The molecule has 0 unspecified atom stereocenters. The number of hydrogen-bond donors (Lipinski definition) is 1. The summed E-state index contributed by atoms with van der Waals surface area (Å²) in [6, 6.07) is 5.81. The number of esters is 1. The third kappa shape index (κ3) is 3.14. The fourth-order valence-corrected chi connectivity index (χ4v) is 2.27. The summed E-state index contributed by atoms with van der Waals surface area (Å²) in [6.07, 6.45) is 0. The molecule has 0 fully saturated rings. The van der Waals surface area contributed by atoms with Gasteiger partial charge in [0, 0.05) is 29.0 Å². The number of phenolic OH excluding ortho intramolecular Hbond substituents is 1. The number of rotatable bonds is 4. The summed E-state index contributed by atoms with van der Waals surface area (Å²) < 4.78 is 6.86. The lowest BCUT2D eigenvalue weighted by atomic mass is 10.1. The highest BCUT2D eigenvalue weighted by molar-refractivity contribution is 6.30. The van der Waals surface area contributed by atoms with Gasteiger partial charge in [0.15, 0.2) is 6.61 Å². The summed E-state index contributed by atoms with van der Waals surface area (Å²) in [6.45, 7) is 3.33. The average molecular weight is 322 g/mol. The molecule has 1 aromatic heterocycles. The van der Waals surface area contributed by atoms with E-state index in [1.54, 1.807) is 6.07 Å². The molecule has 0 bridgehead atoms. The number of ether oxygens (including phenoxy) is 1. The molecule has 116 valence electrons. The molecule has 1 aromatic carbocycles. The number of Topliss-reactive ketones (excluding diaryl/α,β-unsaturated/α-hetero) is 1. The number of aromatic hydroxyl groups is 1. The fraction of sp³-hybridized carbons (Fsp3) is 0.250. The lowest BCUT2D eigenvalue weighted by Crippen LogP contribution is -2.15. The molecule has 1 N–H and O–H groups in total. The standard InChI is InChI=1S/C16H16ClNO4/c1-9-6-13(10(2)18(9)3)15(20)8-22-16(21)12-5-4-11(17)7-14(12)19/h4-7,19H,8H2,1-3H3. The molecule has 22 heavy (non-hydrogen) atoms. The Bertz CT molecular complexity index is 749. The third-order valence-electron chi connectivity index (χ3n) is 3.59. The number of halogens is 1. The Morgan fingerprint density at radius 3 is 2.45 bits per heavy atom. The minimum absolute atomic E-state index is 0.0295. The number of nitrogens with zero attached hydrogens (tertiary/aromatic N) is 1. The Balaban J connectivity index is 2.07. The number of benzene rings is 1. The summed E-state index contributed by atoms with van der Waals surface area (Å²) in [7, 11) is 1.86. The fourth-order valence-electron chi connectivity index (χ4n) is 2.10. The molecule has 1 heterocycles.